The van der Waals surface area contributed by atoms with E-state index in [1.807, 2.05) is 13.0 Å². The van der Waals surface area contributed by atoms with Gasteiger partial charge in [0.05, 0.1) is 6.61 Å². The summed E-state index contributed by atoms with van der Waals surface area (Å²) in [5.74, 6) is 2.35. The number of aliphatic imine (C=N–C) groups is 1. The quantitative estimate of drug-likeness (QED) is 0.240. The predicted octanol–water partition coefficient (Wildman–Crippen LogP) is 3.74. The average molecular weight is 463 g/mol. The van der Waals surface area contributed by atoms with E-state index in [9.17, 15) is 0 Å². The fourth-order valence-corrected chi connectivity index (χ4v) is 2.25. The summed E-state index contributed by atoms with van der Waals surface area (Å²) in [7, 11) is 1.79. The first-order valence-electron chi connectivity index (χ1n) is 8.81. The molecule has 0 radical (unpaired) electrons. The third-order valence-corrected chi connectivity index (χ3v) is 3.43. The van der Waals surface area contributed by atoms with Crippen LogP contribution < -0.4 is 15.4 Å². The molecule has 0 amide bonds. The van der Waals surface area contributed by atoms with Crippen molar-refractivity contribution in [3.63, 3.8) is 0 Å². The lowest BCUT2D eigenvalue weighted by molar-refractivity contribution is 0.108. The minimum atomic E-state index is 0. The fourth-order valence-electron chi connectivity index (χ4n) is 2.25. The van der Waals surface area contributed by atoms with E-state index < -0.39 is 0 Å². The summed E-state index contributed by atoms with van der Waals surface area (Å²) >= 11 is 0. The molecule has 0 aromatic heterocycles. The lowest BCUT2D eigenvalue weighted by atomic mass is 10.1. The van der Waals surface area contributed by atoms with Gasteiger partial charge in [0.25, 0.3) is 0 Å². The van der Waals surface area contributed by atoms with Crippen LogP contribution in [0.4, 0.5) is 0 Å². The van der Waals surface area contributed by atoms with Crippen LogP contribution in [0.3, 0.4) is 0 Å². The number of ether oxygens (including phenoxy) is 2. The van der Waals surface area contributed by atoms with E-state index in [0.717, 1.165) is 50.0 Å². The molecule has 144 valence electrons. The molecule has 0 atom stereocenters. The molecule has 0 saturated carbocycles. The van der Waals surface area contributed by atoms with Gasteiger partial charge in [-0.15, -0.1) is 24.0 Å². The van der Waals surface area contributed by atoms with Gasteiger partial charge < -0.3 is 20.1 Å². The average Bonchev–Trinajstić information content (AvgIpc) is 2.55. The molecule has 0 unspecified atom stereocenters. The number of halogens is 1. The SMILES string of the molecule is CCOc1ccc(CNC(=NC)NCCCOCC(C)C)cc1C.I. The van der Waals surface area contributed by atoms with Crippen molar-refractivity contribution in [1.29, 1.82) is 0 Å². The second-order valence-electron chi connectivity index (χ2n) is 6.21. The highest BCUT2D eigenvalue weighted by Gasteiger charge is 2.02. The summed E-state index contributed by atoms with van der Waals surface area (Å²) < 4.78 is 11.1. The zero-order valence-corrected chi connectivity index (χ0v) is 18.6. The van der Waals surface area contributed by atoms with Crippen molar-refractivity contribution in [2.75, 3.05) is 33.4 Å². The smallest absolute Gasteiger partial charge is 0.191 e. The first-order chi connectivity index (χ1) is 11.6. The van der Waals surface area contributed by atoms with Crippen LogP contribution in [-0.2, 0) is 11.3 Å². The molecule has 0 heterocycles. The monoisotopic (exact) mass is 463 g/mol. The zero-order valence-electron chi connectivity index (χ0n) is 16.2. The Balaban J connectivity index is 0.00000576. The first kappa shape index (κ1) is 24.0. The number of aryl methyl sites for hydroxylation is 1. The van der Waals surface area contributed by atoms with Crippen LogP contribution in [0.15, 0.2) is 23.2 Å². The van der Waals surface area contributed by atoms with Crippen LogP contribution in [0.2, 0.25) is 0 Å². The molecule has 25 heavy (non-hydrogen) atoms. The number of hydrogen-bond acceptors (Lipinski definition) is 3. The van der Waals surface area contributed by atoms with Crippen LogP contribution in [-0.4, -0.2) is 39.4 Å². The molecular formula is C19H34IN3O2. The van der Waals surface area contributed by atoms with Gasteiger partial charge in [-0.3, -0.25) is 4.99 Å². The molecule has 0 saturated heterocycles. The Kier molecular flexibility index (Phi) is 13.6. The molecule has 0 aliphatic carbocycles. The molecule has 1 aromatic rings. The summed E-state index contributed by atoms with van der Waals surface area (Å²) in [6.45, 7) is 12.3. The van der Waals surface area contributed by atoms with Crippen LogP contribution in [0.25, 0.3) is 0 Å². The summed E-state index contributed by atoms with van der Waals surface area (Å²) in [5.41, 5.74) is 2.36. The van der Waals surface area contributed by atoms with E-state index >= 15 is 0 Å². The lowest BCUT2D eigenvalue weighted by Crippen LogP contribution is -2.37. The number of nitrogens with one attached hydrogen (secondary N) is 2. The number of rotatable bonds is 10. The summed E-state index contributed by atoms with van der Waals surface area (Å²) in [5, 5.41) is 6.64. The topological polar surface area (TPSA) is 54.9 Å². The van der Waals surface area contributed by atoms with E-state index in [1.54, 1.807) is 7.05 Å². The molecule has 6 heteroatoms. The van der Waals surface area contributed by atoms with Crippen molar-refractivity contribution >= 4 is 29.9 Å². The van der Waals surface area contributed by atoms with Gasteiger partial charge in [0.1, 0.15) is 5.75 Å². The molecule has 0 spiro atoms. The summed E-state index contributed by atoms with van der Waals surface area (Å²) in [6.07, 6.45) is 0.968. The maximum absolute atomic E-state index is 5.57. The highest BCUT2D eigenvalue weighted by Crippen LogP contribution is 2.18. The largest absolute Gasteiger partial charge is 0.494 e. The Morgan fingerprint density at radius 2 is 2.00 bits per heavy atom. The minimum absolute atomic E-state index is 0. The predicted molar refractivity (Wildman–Crippen MR) is 116 cm³/mol. The molecule has 0 bridgehead atoms. The van der Waals surface area contributed by atoms with Gasteiger partial charge in [0, 0.05) is 33.4 Å². The Morgan fingerprint density at radius 1 is 1.24 bits per heavy atom. The Morgan fingerprint density at radius 3 is 2.60 bits per heavy atom. The molecule has 1 aromatic carbocycles. The van der Waals surface area contributed by atoms with E-state index in [-0.39, 0.29) is 24.0 Å². The van der Waals surface area contributed by atoms with Crippen molar-refractivity contribution in [2.24, 2.45) is 10.9 Å². The molecule has 0 aliphatic heterocycles. The van der Waals surface area contributed by atoms with Crippen molar-refractivity contribution in [3.05, 3.63) is 29.3 Å². The molecule has 0 fully saturated rings. The van der Waals surface area contributed by atoms with Gasteiger partial charge in [-0.25, -0.2) is 0 Å². The maximum atomic E-state index is 5.57. The van der Waals surface area contributed by atoms with E-state index in [2.05, 4.69) is 48.5 Å². The van der Waals surface area contributed by atoms with Gasteiger partial charge >= 0.3 is 0 Å². The van der Waals surface area contributed by atoms with E-state index in [1.165, 1.54) is 5.56 Å². The Bertz CT molecular complexity index is 507. The van der Waals surface area contributed by atoms with E-state index in [4.69, 9.17) is 9.47 Å². The van der Waals surface area contributed by atoms with Gasteiger partial charge in [-0.2, -0.15) is 0 Å². The number of nitrogens with zero attached hydrogens (tertiary/aromatic N) is 1. The first-order valence-corrected chi connectivity index (χ1v) is 8.81. The van der Waals surface area contributed by atoms with Crippen molar-refractivity contribution in [1.82, 2.24) is 10.6 Å². The van der Waals surface area contributed by atoms with Gasteiger partial charge in [-0.05, 0) is 43.4 Å². The number of hydrogen-bond donors (Lipinski definition) is 2. The van der Waals surface area contributed by atoms with Crippen molar-refractivity contribution in [2.45, 2.75) is 40.7 Å². The Labute approximate surface area is 170 Å². The summed E-state index contributed by atoms with van der Waals surface area (Å²) in [6, 6.07) is 6.25. The number of benzene rings is 1. The molecule has 5 nitrogen and oxygen atoms in total. The third kappa shape index (κ3) is 10.5. The maximum Gasteiger partial charge on any atom is 0.191 e. The van der Waals surface area contributed by atoms with Crippen molar-refractivity contribution < 1.29 is 9.47 Å². The van der Waals surface area contributed by atoms with E-state index in [0.29, 0.717) is 12.5 Å². The minimum Gasteiger partial charge on any atom is -0.494 e. The molecule has 1 rings (SSSR count). The molecule has 2 N–H and O–H groups in total. The second kappa shape index (κ2) is 14.2. The fraction of sp³-hybridized carbons (Fsp3) is 0.632. The van der Waals surface area contributed by atoms with Gasteiger partial charge in [0.2, 0.25) is 0 Å². The third-order valence-electron chi connectivity index (χ3n) is 3.43. The van der Waals surface area contributed by atoms with Crippen LogP contribution in [0.5, 0.6) is 5.75 Å². The molecular weight excluding hydrogens is 429 g/mol. The lowest BCUT2D eigenvalue weighted by Gasteiger charge is -2.13. The van der Waals surface area contributed by atoms with Crippen LogP contribution in [0.1, 0.15) is 38.3 Å². The normalized spacial score (nSPS) is 11.2. The zero-order chi connectivity index (χ0) is 17.8. The Hall–Kier alpha value is -1.02. The highest BCUT2D eigenvalue weighted by molar-refractivity contribution is 14.0. The standard InChI is InChI=1S/C19H33N3O2.HI/c1-6-24-18-9-8-17(12-16(18)4)13-22-19(20-5)21-10-7-11-23-14-15(2)3;/h8-9,12,15H,6-7,10-11,13-14H2,1-5H3,(H2,20,21,22);1H. The van der Waals surface area contributed by atoms with Crippen LogP contribution in [0, 0.1) is 12.8 Å². The van der Waals surface area contributed by atoms with Crippen LogP contribution >= 0.6 is 24.0 Å². The molecule has 0 aliphatic rings. The van der Waals surface area contributed by atoms with Gasteiger partial charge in [-0.1, -0.05) is 26.0 Å². The second-order valence-corrected chi connectivity index (χ2v) is 6.21. The number of guanidine groups is 1. The summed E-state index contributed by atoms with van der Waals surface area (Å²) in [4.78, 5) is 4.25. The van der Waals surface area contributed by atoms with Gasteiger partial charge in [0.15, 0.2) is 5.96 Å². The van der Waals surface area contributed by atoms with Crippen molar-refractivity contribution in [3.8, 4) is 5.75 Å². The highest BCUT2D eigenvalue weighted by atomic mass is 127.